The Hall–Kier alpha value is -1.34. The molecule has 0 aromatic carbocycles. The van der Waals surface area contributed by atoms with Gasteiger partial charge in [-0.15, -0.1) is 0 Å². The predicted octanol–water partition coefficient (Wildman–Crippen LogP) is 1.83. The molecule has 2 rings (SSSR count). The number of hydrogen-bond donors (Lipinski definition) is 4. The third kappa shape index (κ3) is 3.85. The van der Waals surface area contributed by atoms with Crippen LogP contribution in [0.25, 0.3) is 0 Å². The van der Waals surface area contributed by atoms with Crippen LogP contribution in [0.1, 0.15) is 48.7 Å². The van der Waals surface area contributed by atoms with E-state index in [-0.39, 0.29) is 23.7 Å². The van der Waals surface area contributed by atoms with Crippen molar-refractivity contribution in [1.82, 2.24) is 10.3 Å². The number of amides is 1. The summed E-state index contributed by atoms with van der Waals surface area (Å²) in [6, 6.07) is 0. The number of aliphatic hydroxyl groups excluding tert-OH is 1. The van der Waals surface area contributed by atoms with Gasteiger partial charge in [-0.25, -0.2) is 4.98 Å². The molecule has 0 aliphatic heterocycles. The van der Waals surface area contributed by atoms with Gasteiger partial charge in [0.1, 0.15) is 10.7 Å². The van der Waals surface area contributed by atoms with Crippen molar-refractivity contribution in [2.24, 2.45) is 5.41 Å². The molecule has 118 valence electrons. The van der Waals surface area contributed by atoms with Gasteiger partial charge in [-0.2, -0.15) is 0 Å². The lowest BCUT2D eigenvalue weighted by atomic mass is 9.74. The molecule has 1 aromatic heterocycles. The van der Waals surface area contributed by atoms with Crippen molar-refractivity contribution in [2.45, 2.75) is 39.0 Å². The van der Waals surface area contributed by atoms with Gasteiger partial charge in [0.05, 0.1) is 6.61 Å². The van der Waals surface area contributed by atoms with Gasteiger partial charge in [0.25, 0.3) is 5.91 Å². The monoisotopic (exact) mass is 312 g/mol. The summed E-state index contributed by atoms with van der Waals surface area (Å²) >= 11 is 1.26. The first kappa shape index (κ1) is 16.0. The molecule has 1 aliphatic carbocycles. The van der Waals surface area contributed by atoms with E-state index >= 15 is 0 Å². The smallest absolute Gasteiger partial charge is 0.265 e. The van der Waals surface area contributed by atoms with E-state index in [9.17, 15) is 9.90 Å². The van der Waals surface area contributed by atoms with Crippen LogP contribution >= 0.6 is 11.3 Å². The molecule has 1 aliphatic rings. The minimum Gasteiger partial charge on any atom is -0.396 e. The Morgan fingerprint density at radius 1 is 1.43 bits per heavy atom. The molecule has 0 unspecified atom stereocenters. The number of hydrogen-bond acceptors (Lipinski definition) is 6. The standard InChI is InChI=1S/C14H24N4O2S/c1-2-16-13-18-11(15)10(21-13)12(20)17-8-14(9-19)6-4-3-5-7-14/h19H,2-9,15H2,1H3,(H,16,18)(H,17,20). The summed E-state index contributed by atoms with van der Waals surface area (Å²) in [5.41, 5.74) is 5.63. The summed E-state index contributed by atoms with van der Waals surface area (Å²) in [5, 5.41) is 16.3. The van der Waals surface area contributed by atoms with Gasteiger partial charge in [-0.1, -0.05) is 30.6 Å². The van der Waals surface area contributed by atoms with Crippen molar-refractivity contribution in [2.75, 3.05) is 30.7 Å². The lowest BCUT2D eigenvalue weighted by molar-refractivity contribution is 0.0720. The van der Waals surface area contributed by atoms with E-state index in [2.05, 4.69) is 15.6 Å². The number of nitrogen functional groups attached to an aromatic ring is 1. The van der Waals surface area contributed by atoms with Crippen LogP contribution in [0.3, 0.4) is 0 Å². The third-order valence-electron chi connectivity index (χ3n) is 4.06. The van der Waals surface area contributed by atoms with Crippen LogP contribution in [0.15, 0.2) is 0 Å². The van der Waals surface area contributed by atoms with E-state index in [1.807, 2.05) is 6.92 Å². The number of rotatable bonds is 6. The molecule has 0 bridgehead atoms. The molecule has 21 heavy (non-hydrogen) atoms. The van der Waals surface area contributed by atoms with E-state index < -0.39 is 0 Å². The fourth-order valence-corrected chi connectivity index (χ4v) is 3.63. The Morgan fingerprint density at radius 3 is 2.76 bits per heavy atom. The molecule has 6 nitrogen and oxygen atoms in total. The average molecular weight is 312 g/mol. The Labute approximate surface area is 129 Å². The molecule has 1 amide bonds. The highest BCUT2D eigenvalue weighted by Crippen LogP contribution is 2.35. The molecule has 1 fully saturated rings. The molecule has 0 atom stereocenters. The zero-order chi connectivity index (χ0) is 15.3. The van der Waals surface area contributed by atoms with Gasteiger partial charge in [-0.05, 0) is 19.8 Å². The number of anilines is 2. The number of thiazole rings is 1. The topological polar surface area (TPSA) is 100 Å². The summed E-state index contributed by atoms with van der Waals surface area (Å²) in [6.07, 6.45) is 5.37. The maximum absolute atomic E-state index is 12.3. The van der Waals surface area contributed by atoms with Gasteiger partial charge in [0, 0.05) is 18.5 Å². The van der Waals surface area contributed by atoms with Crippen molar-refractivity contribution in [3.8, 4) is 0 Å². The van der Waals surface area contributed by atoms with Crippen molar-refractivity contribution in [3.05, 3.63) is 4.88 Å². The number of aliphatic hydroxyl groups is 1. The highest BCUT2D eigenvalue weighted by atomic mass is 32.1. The summed E-state index contributed by atoms with van der Waals surface area (Å²) in [4.78, 5) is 16.8. The molecule has 0 saturated heterocycles. The second-order valence-electron chi connectivity index (χ2n) is 5.67. The summed E-state index contributed by atoms with van der Waals surface area (Å²) in [5.74, 6) is 0.0581. The first-order valence-corrected chi connectivity index (χ1v) is 8.31. The van der Waals surface area contributed by atoms with Crippen LogP contribution in [0, 0.1) is 5.41 Å². The summed E-state index contributed by atoms with van der Waals surface area (Å²) < 4.78 is 0. The highest BCUT2D eigenvalue weighted by molar-refractivity contribution is 7.18. The molecule has 1 saturated carbocycles. The number of nitrogens with two attached hydrogens (primary N) is 1. The number of aromatic nitrogens is 1. The largest absolute Gasteiger partial charge is 0.396 e. The average Bonchev–Trinajstić information content (AvgIpc) is 2.87. The van der Waals surface area contributed by atoms with E-state index in [0.29, 0.717) is 16.6 Å². The SMILES string of the molecule is CCNc1nc(N)c(C(=O)NCC2(CO)CCCCC2)s1. The maximum Gasteiger partial charge on any atom is 0.265 e. The molecular weight excluding hydrogens is 288 g/mol. The molecule has 1 heterocycles. The molecule has 0 spiro atoms. The quantitative estimate of drug-likeness (QED) is 0.642. The Bertz CT molecular complexity index is 483. The van der Waals surface area contributed by atoms with Gasteiger partial charge in [-0.3, -0.25) is 4.79 Å². The minimum atomic E-state index is -0.201. The molecule has 1 aromatic rings. The van der Waals surface area contributed by atoms with Crippen LogP contribution in [-0.4, -0.2) is 35.7 Å². The van der Waals surface area contributed by atoms with E-state index in [4.69, 9.17) is 5.73 Å². The van der Waals surface area contributed by atoms with Crippen molar-refractivity contribution in [1.29, 1.82) is 0 Å². The second kappa shape index (κ2) is 7.09. The zero-order valence-electron chi connectivity index (χ0n) is 12.4. The molecule has 0 radical (unpaired) electrons. The van der Waals surface area contributed by atoms with Crippen molar-refractivity contribution in [3.63, 3.8) is 0 Å². The second-order valence-corrected chi connectivity index (χ2v) is 6.66. The first-order chi connectivity index (χ1) is 10.1. The Balaban J connectivity index is 1.97. The zero-order valence-corrected chi connectivity index (χ0v) is 13.3. The number of carbonyl (C=O) groups excluding carboxylic acids is 1. The third-order valence-corrected chi connectivity index (χ3v) is 5.09. The van der Waals surface area contributed by atoms with Gasteiger partial charge in [0.15, 0.2) is 5.13 Å². The van der Waals surface area contributed by atoms with Crippen LogP contribution in [0.5, 0.6) is 0 Å². The number of nitrogens with one attached hydrogen (secondary N) is 2. The fraction of sp³-hybridized carbons (Fsp3) is 0.714. The summed E-state index contributed by atoms with van der Waals surface area (Å²) in [7, 11) is 0. The highest BCUT2D eigenvalue weighted by Gasteiger charge is 2.32. The molecule has 7 heteroatoms. The van der Waals surface area contributed by atoms with Crippen LogP contribution < -0.4 is 16.4 Å². The Kier molecular flexibility index (Phi) is 5.41. The lowest BCUT2D eigenvalue weighted by Crippen LogP contribution is -2.41. The summed E-state index contributed by atoms with van der Waals surface area (Å²) in [6.45, 7) is 3.32. The Morgan fingerprint density at radius 2 is 2.14 bits per heavy atom. The van der Waals surface area contributed by atoms with E-state index in [0.717, 1.165) is 32.2 Å². The number of nitrogens with zero attached hydrogens (tertiary/aromatic N) is 1. The molecule has 5 N–H and O–H groups in total. The van der Waals surface area contributed by atoms with Crippen molar-refractivity contribution >= 4 is 28.2 Å². The van der Waals surface area contributed by atoms with E-state index in [1.54, 1.807) is 0 Å². The first-order valence-electron chi connectivity index (χ1n) is 7.49. The van der Waals surface area contributed by atoms with Crippen LogP contribution in [0.4, 0.5) is 10.9 Å². The lowest BCUT2D eigenvalue weighted by Gasteiger charge is -2.35. The van der Waals surface area contributed by atoms with Crippen LogP contribution in [-0.2, 0) is 0 Å². The van der Waals surface area contributed by atoms with E-state index in [1.165, 1.54) is 17.8 Å². The molecular formula is C14H24N4O2S. The number of carbonyl (C=O) groups is 1. The van der Waals surface area contributed by atoms with Gasteiger partial charge >= 0.3 is 0 Å². The normalized spacial score (nSPS) is 17.4. The predicted molar refractivity (Wildman–Crippen MR) is 85.6 cm³/mol. The van der Waals surface area contributed by atoms with Gasteiger partial charge < -0.3 is 21.5 Å². The van der Waals surface area contributed by atoms with Gasteiger partial charge in [0.2, 0.25) is 0 Å². The van der Waals surface area contributed by atoms with Crippen LogP contribution in [0.2, 0.25) is 0 Å². The fourth-order valence-electron chi connectivity index (χ4n) is 2.76. The minimum absolute atomic E-state index is 0.119. The van der Waals surface area contributed by atoms with Crippen molar-refractivity contribution < 1.29 is 9.90 Å². The maximum atomic E-state index is 12.3.